The SMILES string of the molecule is COc1ccc2sc(N(Cc3cccnc3)C(=O)COc3ccc(C)cc3)nc2c1. The summed E-state index contributed by atoms with van der Waals surface area (Å²) in [4.78, 5) is 23.6. The summed E-state index contributed by atoms with van der Waals surface area (Å²) in [5.74, 6) is 1.21. The number of carbonyl (C=O) groups is 1. The highest BCUT2D eigenvalue weighted by Gasteiger charge is 2.21. The zero-order valence-corrected chi connectivity index (χ0v) is 17.6. The van der Waals surface area contributed by atoms with Gasteiger partial charge >= 0.3 is 0 Å². The number of hydrogen-bond donors (Lipinski definition) is 0. The molecule has 0 spiro atoms. The van der Waals surface area contributed by atoms with Crippen LogP contribution >= 0.6 is 11.3 Å². The van der Waals surface area contributed by atoms with Crippen molar-refractivity contribution in [2.24, 2.45) is 0 Å². The normalized spacial score (nSPS) is 10.7. The number of carbonyl (C=O) groups excluding carboxylic acids is 1. The molecule has 0 unspecified atom stereocenters. The maximum absolute atomic E-state index is 13.1. The van der Waals surface area contributed by atoms with E-state index in [1.165, 1.54) is 11.3 Å². The molecule has 2 aromatic heterocycles. The van der Waals surface area contributed by atoms with E-state index in [9.17, 15) is 4.79 Å². The van der Waals surface area contributed by atoms with Crippen molar-refractivity contribution in [1.29, 1.82) is 0 Å². The molecule has 152 valence electrons. The van der Waals surface area contributed by atoms with Gasteiger partial charge in [0, 0.05) is 18.5 Å². The third kappa shape index (κ3) is 4.58. The van der Waals surface area contributed by atoms with E-state index in [0.717, 1.165) is 27.1 Å². The van der Waals surface area contributed by atoms with Crippen LogP contribution in [0.2, 0.25) is 0 Å². The van der Waals surface area contributed by atoms with Crippen LogP contribution in [0.1, 0.15) is 11.1 Å². The first kappa shape index (κ1) is 19.8. The third-order valence-electron chi connectivity index (χ3n) is 4.56. The molecule has 7 heteroatoms. The summed E-state index contributed by atoms with van der Waals surface area (Å²) in [6.07, 6.45) is 3.46. The Morgan fingerprint density at radius 2 is 1.90 bits per heavy atom. The molecule has 0 radical (unpaired) electrons. The molecule has 0 fully saturated rings. The number of amides is 1. The van der Waals surface area contributed by atoms with E-state index in [1.54, 1.807) is 24.4 Å². The highest BCUT2D eigenvalue weighted by atomic mass is 32.1. The summed E-state index contributed by atoms with van der Waals surface area (Å²) in [7, 11) is 1.62. The predicted octanol–water partition coefficient (Wildman–Crippen LogP) is 4.62. The van der Waals surface area contributed by atoms with Crippen molar-refractivity contribution in [3.8, 4) is 11.5 Å². The Hall–Kier alpha value is -3.45. The number of pyridine rings is 1. The molecule has 4 aromatic rings. The molecule has 1 amide bonds. The number of thiazole rings is 1. The average molecular weight is 420 g/mol. The molecule has 0 N–H and O–H groups in total. The topological polar surface area (TPSA) is 64.5 Å². The summed E-state index contributed by atoms with van der Waals surface area (Å²) in [5, 5.41) is 0.611. The first-order valence-corrected chi connectivity index (χ1v) is 10.3. The van der Waals surface area contributed by atoms with Crippen LogP contribution in [0.4, 0.5) is 5.13 Å². The van der Waals surface area contributed by atoms with Crippen molar-refractivity contribution in [3.05, 3.63) is 78.1 Å². The maximum Gasteiger partial charge on any atom is 0.267 e. The summed E-state index contributed by atoms with van der Waals surface area (Å²) >= 11 is 1.46. The zero-order valence-electron chi connectivity index (χ0n) is 16.7. The van der Waals surface area contributed by atoms with Gasteiger partial charge < -0.3 is 9.47 Å². The molecule has 0 saturated carbocycles. The Bertz CT molecular complexity index is 1140. The van der Waals surface area contributed by atoms with E-state index in [0.29, 0.717) is 17.4 Å². The molecule has 2 aromatic carbocycles. The molecular weight excluding hydrogens is 398 g/mol. The number of hydrogen-bond acceptors (Lipinski definition) is 6. The number of anilines is 1. The Kier molecular flexibility index (Phi) is 5.90. The van der Waals surface area contributed by atoms with E-state index in [2.05, 4.69) is 9.97 Å². The minimum atomic E-state index is -0.176. The number of benzene rings is 2. The monoisotopic (exact) mass is 419 g/mol. The van der Waals surface area contributed by atoms with Gasteiger partial charge in [0.15, 0.2) is 11.7 Å². The molecule has 30 heavy (non-hydrogen) atoms. The van der Waals surface area contributed by atoms with Gasteiger partial charge in [-0.1, -0.05) is 35.1 Å². The second-order valence-corrected chi connectivity index (χ2v) is 7.78. The molecule has 0 aliphatic rings. The average Bonchev–Trinajstić information content (AvgIpc) is 3.20. The third-order valence-corrected chi connectivity index (χ3v) is 5.62. The van der Waals surface area contributed by atoms with E-state index in [1.807, 2.05) is 61.5 Å². The van der Waals surface area contributed by atoms with Crippen LogP contribution in [0, 0.1) is 6.92 Å². The minimum Gasteiger partial charge on any atom is -0.497 e. The van der Waals surface area contributed by atoms with Crippen molar-refractivity contribution in [2.75, 3.05) is 18.6 Å². The molecular formula is C23H21N3O3S. The Labute approximate surface area is 178 Å². The lowest BCUT2D eigenvalue weighted by Gasteiger charge is -2.20. The van der Waals surface area contributed by atoms with Crippen LogP contribution in [0.3, 0.4) is 0 Å². The van der Waals surface area contributed by atoms with Gasteiger partial charge in [-0.15, -0.1) is 0 Å². The standard InChI is InChI=1S/C23H21N3O3S/c1-16-5-7-18(8-6-16)29-15-22(27)26(14-17-4-3-11-24-13-17)23-25-20-12-19(28-2)9-10-21(20)30-23/h3-13H,14-15H2,1-2H3. The molecule has 0 atom stereocenters. The first-order valence-electron chi connectivity index (χ1n) is 9.46. The van der Waals surface area contributed by atoms with Crippen LogP contribution < -0.4 is 14.4 Å². The first-order chi connectivity index (χ1) is 14.6. The fraction of sp³-hybridized carbons (Fsp3) is 0.174. The molecule has 0 saturated heterocycles. The van der Waals surface area contributed by atoms with Crippen LogP contribution in [0.5, 0.6) is 11.5 Å². The molecule has 0 bridgehead atoms. The molecule has 2 heterocycles. The van der Waals surface area contributed by atoms with Gasteiger partial charge in [0.2, 0.25) is 0 Å². The van der Waals surface area contributed by atoms with Crippen LogP contribution in [0.15, 0.2) is 67.0 Å². The molecule has 0 aliphatic heterocycles. The molecule has 0 aliphatic carbocycles. The van der Waals surface area contributed by atoms with Crippen molar-refractivity contribution in [1.82, 2.24) is 9.97 Å². The van der Waals surface area contributed by atoms with Gasteiger partial charge in [-0.3, -0.25) is 14.7 Å². The quantitative estimate of drug-likeness (QED) is 0.437. The van der Waals surface area contributed by atoms with Crippen LogP contribution in [-0.2, 0) is 11.3 Å². The van der Waals surface area contributed by atoms with E-state index in [4.69, 9.17) is 9.47 Å². The van der Waals surface area contributed by atoms with Crippen molar-refractivity contribution < 1.29 is 14.3 Å². The largest absolute Gasteiger partial charge is 0.497 e. The van der Waals surface area contributed by atoms with Gasteiger partial charge in [0.25, 0.3) is 5.91 Å². The number of ether oxygens (including phenoxy) is 2. The Balaban J connectivity index is 1.60. The summed E-state index contributed by atoms with van der Waals surface area (Å²) in [6.45, 7) is 2.29. The second-order valence-electron chi connectivity index (χ2n) is 6.77. The number of aryl methyl sites for hydroxylation is 1. The lowest BCUT2D eigenvalue weighted by atomic mass is 10.2. The number of methoxy groups -OCH3 is 1. The van der Waals surface area contributed by atoms with Crippen LogP contribution in [0.25, 0.3) is 10.2 Å². The van der Waals surface area contributed by atoms with Crippen molar-refractivity contribution in [2.45, 2.75) is 13.5 Å². The van der Waals surface area contributed by atoms with E-state index in [-0.39, 0.29) is 12.5 Å². The van der Waals surface area contributed by atoms with Crippen molar-refractivity contribution in [3.63, 3.8) is 0 Å². The Morgan fingerprint density at radius 1 is 1.10 bits per heavy atom. The molecule has 6 nitrogen and oxygen atoms in total. The Morgan fingerprint density at radius 3 is 2.63 bits per heavy atom. The van der Waals surface area contributed by atoms with Crippen LogP contribution in [-0.4, -0.2) is 29.6 Å². The second kappa shape index (κ2) is 8.92. The van der Waals surface area contributed by atoms with Gasteiger partial charge in [-0.05, 0) is 42.8 Å². The van der Waals surface area contributed by atoms with Gasteiger partial charge in [0.1, 0.15) is 11.5 Å². The van der Waals surface area contributed by atoms with Gasteiger partial charge in [0.05, 0.1) is 23.9 Å². The summed E-state index contributed by atoms with van der Waals surface area (Å²) in [5.41, 5.74) is 2.84. The number of rotatable bonds is 7. The lowest BCUT2D eigenvalue weighted by molar-refractivity contribution is -0.120. The number of nitrogens with zero attached hydrogens (tertiary/aromatic N) is 3. The lowest BCUT2D eigenvalue weighted by Crippen LogP contribution is -2.34. The minimum absolute atomic E-state index is 0.0808. The fourth-order valence-electron chi connectivity index (χ4n) is 2.93. The number of fused-ring (bicyclic) bond motifs is 1. The summed E-state index contributed by atoms with van der Waals surface area (Å²) < 4.78 is 12.0. The predicted molar refractivity (Wildman–Crippen MR) is 118 cm³/mol. The molecule has 4 rings (SSSR count). The maximum atomic E-state index is 13.1. The zero-order chi connectivity index (χ0) is 20.9. The summed E-state index contributed by atoms with van der Waals surface area (Å²) in [6, 6.07) is 17.1. The highest BCUT2D eigenvalue weighted by molar-refractivity contribution is 7.22. The fourth-order valence-corrected chi connectivity index (χ4v) is 3.89. The van der Waals surface area contributed by atoms with E-state index < -0.39 is 0 Å². The number of aromatic nitrogens is 2. The van der Waals surface area contributed by atoms with Gasteiger partial charge in [-0.2, -0.15) is 0 Å². The van der Waals surface area contributed by atoms with E-state index >= 15 is 0 Å². The van der Waals surface area contributed by atoms with Crippen molar-refractivity contribution >= 4 is 32.6 Å². The smallest absolute Gasteiger partial charge is 0.267 e. The highest BCUT2D eigenvalue weighted by Crippen LogP contribution is 2.32. The van der Waals surface area contributed by atoms with Gasteiger partial charge in [-0.25, -0.2) is 4.98 Å².